The third-order valence-corrected chi connectivity index (χ3v) is 5.55. The van der Waals surface area contributed by atoms with Gasteiger partial charge in [-0.05, 0) is 25.3 Å². The molecular weight excluding hydrogens is 352 g/mol. The summed E-state index contributed by atoms with van der Waals surface area (Å²) in [6.07, 6.45) is 1.89. The lowest BCUT2D eigenvalue weighted by Gasteiger charge is -2.31. The molecule has 132 valence electrons. The largest absolute Gasteiger partial charge is 0.481 e. The molecule has 0 saturated carbocycles. The standard InChI is InChI=1S/C16H21ClN2O4S/c1-18(14(20)3-2-13-8-12(17)10-24-13)9-15(21)19-6-4-11(5-7-19)16(22)23/h8,10-11H,2-7,9H2,1H3,(H,22,23). The number of aryl methyl sites for hydroxylation is 1. The number of carboxylic acids is 1. The van der Waals surface area contributed by atoms with E-state index in [1.54, 1.807) is 11.9 Å². The lowest BCUT2D eigenvalue weighted by Crippen LogP contribution is -2.45. The van der Waals surface area contributed by atoms with Crippen molar-refractivity contribution in [2.75, 3.05) is 26.7 Å². The van der Waals surface area contributed by atoms with Crippen molar-refractivity contribution < 1.29 is 19.5 Å². The van der Waals surface area contributed by atoms with E-state index in [1.807, 2.05) is 11.4 Å². The predicted molar refractivity (Wildman–Crippen MR) is 92.2 cm³/mol. The second-order valence-electron chi connectivity index (χ2n) is 5.97. The second kappa shape index (κ2) is 8.48. The highest BCUT2D eigenvalue weighted by Crippen LogP contribution is 2.21. The number of likely N-dealkylation sites (N-methyl/N-ethyl adjacent to an activating group) is 1. The van der Waals surface area contributed by atoms with E-state index in [1.165, 1.54) is 16.2 Å². The summed E-state index contributed by atoms with van der Waals surface area (Å²) in [5.74, 6) is -1.39. The summed E-state index contributed by atoms with van der Waals surface area (Å²) in [4.78, 5) is 39.4. The fourth-order valence-electron chi connectivity index (χ4n) is 2.67. The third kappa shape index (κ3) is 5.21. The van der Waals surface area contributed by atoms with Crippen LogP contribution in [0.2, 0.25) is 5.02 Å². The van der Waals surface area contributed by atoms with E-state index < -0.39 is 5.97 Å². The summed E-state index contributed by atoms with van der Waals surface area (Å²) in [7, 11) is 1.62. The van der Waals surface area contributed by atoms with Gasteiger partial charge in [-0.3, -0.25) is 14.4 Å². The van der Waals surface area contributed by atoms with Crippen molar-refractivity contribution in [1.29, 1.82) is 0 Å². The van der Waals surface area contributed by atoms with Crippen molar-refractivity contribution in [3.05, 3.63) is 21.3 Å². The average molecular weight is 373 g/mol. The topological polar surface area (TPSA) is 77.9 Å². The number of thiophene rings is 1. The fraction of sp³-hybridized carbons (Fsp3) is 0.562. The number of amides is 2. The first-order valence-corrected chi connectivity index (χ1v) is 9.10. The van der Waals surface area contributed by atoms with Crippen LogP contribution in [0.15, 0.2) is 11.4 Å². The molecule has 0 atom stereocenters. The van der Waals surface area contributed by atoms with Crippen LogP contribution in [0.3, 0.4) is 0 Å². The van der Waals surface area contributed by atoms with Gasteiger partial charge in [0.15, 0.2) is 0 Å². The zero-order chi connectivity index (χ0) is 17.7. The van der Waals surface area contributed by atoms with E-state index in [4.69, 9.17) is 16.7 Å². The van der Waals surface area contributed by atoms with Crippen LogP contribution in [-0.2, 0) is 20.8 Å². The summed E-state index contributed by atoms with van der Waals surface area (Å²) in [5, 5.41) is 11.5. The lowest BCUT2D eigenvalue weighted by molar-refractivity contribution is -0.146. The van der Waals surface area contributed by atoms with Gasteiger partial charge >= 0.3 is 5.97 Å². The van der Waals surface area contributed by atoms with Gasteiger partial charge in [0, 0.05) is 36.8 Å². The highest BCUT2D eigenvalue weighted by Gasteiger charge is 2.27. The SMILES string of the molecule is CN(CC(=O)N1CCC(C(=O)O)CC1)C(=O)CCc1cc(Cl)cs1. The van der Waals surface area contributed by atoms with Crippen LogP contribution in [0.4, 0.5) is 0 Å². The Morgan fingerprint density at radius 2 is 2.04 bits per heavy atom. The minimum absolute atomic E-state index is 0.0295. The zero-order valence-corrected chi connectivity index (χ0v) is 15.1. The molecule has 1 aromatic rings. The Morgan fingerprint density at radius 1 is 1.38 bits per heavy atom. The molecule has 0 bridgehead atoms. The number of likely N-dealkylation sites (tertiary alicyclic amines) is 1. The number of carbonyl (C=O) groups is 3. The first kappa shape index (κ1) is 18.7. The molecule has 8 heteroatoms. The van der Waals surface area contributed by atoms with Crippen molar-refractivity contribution in [1.82, 2.24) is 9.80 Å². The molecule has 0 spiro atoms. The highest BCUT2D eigenvalue weighted by atomic mass is 35.5. The molecule has 1 aliphatic rings. The summed E-state index contributed by atoms with van der Waals surface area (Å²) >= 11 is 7.37. The molecule has 2 amide bonds. The van der Waals surface area contributed by atoms with E-state index >= 15 is 0 Å². The molecule has 0 aliphatic carbocycles. The number of aliphatic carboxylic acids is 1. The van der Waals surface area contributed by atoms with Gasteiger partial charge < -0.3 is 14.9 Å². The normalized spacial score (nSPS) is 15.3. The van der Waals surface area contributed by atoms with Crippen molar-refractivity contribution >= 4 is 40.7 Å². The maximum Gasteiger partial charge on any atom is 0.306 e. The molecule has 0 aromatic carbocycles. The summed E-state index contributed by atoms with van der Waals surface area (Å²) in [5.41, 5.74) is 0. The van der Waals surface area contributed by atoms with Gasteiger partial charge in [-0.2, -0.15) is 0 Å². The van der Waals surface area contributed by atoms with Crippen LogP contribution in [0.1, 0.15) is 24.1 Å². The molecule has 0 radical (unpaired) electrons. The maximum atomic E-state index is 12.2. The number of piperidine rings is 1. The van der Waals surface area contributed by atoms with Gasteiger partial charge in [-0.25, -0.2) is 0 Å². The Kier molecular flexibility index (Phi) is 6.62. The number of hydrogen-bond acceptors (Lipinski definition) is 4. The minimum atomic E-state index is -0.803. The van der Waals surface area contributed by atoms with Crippen LogP contribution in [0.5, 0.6) is 0 Å². The molecule has 1 N–H and O–H groups in total. The van der Waals surface area contributed by atoms with E-state index in [0.717, 1.165) is 4.88 Å². The number of carbonyl (C=O) groups excluding carboxylic acids is 2. The number of carboxylic acid groups (broad SMARTS) is 1. The third-order valence-electron chi connectivity index (χ3n) is 4.20. The molecule has 1 aliphatic heterocycles. The minimum Gasteiger partial charge on any atom is -0.481 e. The number of rotatable bonds is 6. The van der Waals surface area contributed by atoms with Gasteiger partial charge in [0.2, 0.25) is 11.8 Å². The molecule has 2 heterocycles. The van der Waals surface area contributed by atoms with E-state index in [0.29, 0.717) is 43.8 Å². The van der Waals surface area contributed by atoms with Crippen molar-refractivity contribution in [3.63, 3.8) is 0 Å². The van der Waals surface area contributed by atoms with E-state index in [-0.39, 0.29) is 24.3 Å². The van der Waals surface area contributed by atoms with E-state index in [9.17, 15) is 14.4 Å². The lowest BCUT2D eigenvalue weighted by atomic mass is 9.97. The highest BCUT2D eigenvalue weighted by molar-refractivity contribution is 7.10. The quantitative estimate of drug-likeness (QED) is 0.829. The summed E-state index contributed by atoms with van der Waals surface area (Å²) in [6, 6.07) is 1.84. The molecule has 24 heavy (non-hydrogen) atoms. The molecule has 0 unspecified atom stereocenters. The van der Waals surface area contributed by atoms with Crippen molar-refractivity contribution in [2.45, 2.75) is 25.7 Å². The molecule has 1 saturated heterocycles. The van der Waals surface area contributed by atoms with Gasteiger partial charge in [-0.15, -0.1) is 11.3 Å². The molecule has 1 fully saturated rings. The Balaban J connectivity index is 1.74. The number of nitrogens with zero attached hydrogens (tertiary/aromatic N) is 2. The van der Waals surface area contributed by atoms with Crippen LogP contribution in [0.25, 0.3) is 0 Å². The Labute approximate surface area is 150 Å². The summed E-state index contributed by atoms with van der Waals surface area (Å²) in [6.45, 7) is 0.902. The van der Waals surface area contributed by atoms with Crippen LogP contribution in [-0.4, -0.2) is 59.4 Å². The molecular formula is C16H21ClN2O4S. The van der Waals surface area contributed by atoms with Gasteiger partial charge in [-0.1, -0.05) is 11.6 Å². The molecule has 6 nitrogen and oxygen atoms in total. The first-order chi connectivity index (χ1) is 11.4. The van der Waals surface area contributed by atoms with Crippen LogP contribution >= 0.6 is 22.9 Å². The molecule has 1 aromatic heterocycles. The summed E-state index contributed by atoms with van der Waals surface area (Å²) < 4.78 is 0. The Hall–Kier alpha value is -1.60. The predicted octanol–water partition coefficient (Wildman–Crippen LogP) is 2.12. The monoisotopic (exact) mass is 372 g/mol. The first-order valence-electron chi connectivity index (χ1n) is 7.84. The van der Waals surface area contributed by atoms with Crippen LogP contribution < -0.4 is 0 Å². The molecule has 2 rings (SSSR count). The number of halogens is 1. The maximum absolute atomic E-state index is 12.2. The van der Waals surface area contributed by atoms with E-state index in [2.05, 4.69) is 0 Å². The smallest absolute Gasteiger partial charge is 0.306 e. The van der Waals surface area contributed by atoms with Gasteiger partial charge in [0.05, 0.1) is 17.5 Å². The van der Waals surface area contributed by atoms with Crippen molar-refractivity contribution in [2.24, 2.45) is 5.92 Å². The fourth-order valence-corrected chi connectivity index (χ4v) is 3.75. The average Bonchev–Trinajstić information content (AvgIpc) is 2.98. The van der Waals surface area contributed by atoms with Gasteiger partial charge in [0.1, 0.15) is 0 Å². The Bertz CT molecular complexity index is 611. The van der Waals surface area contributed by atoms with Crippen LogP contribution in [0, 0.1) is 5.92 Å². The van der Waals surface area contributed by atoms with Crippen molar-refractivity contribution in [3.8, 4) is 0 Å². The van der Waals surface area contributed by atoms with Gasteiger partial charge in [0.25, 0.3) is 0 Å². The Morgan fingerprint density at radius 3 is 2.58 bits per heavy atom. The second-order valence-corrected chi connectivity index (χ2v) is 7.41. The zero-order valence-electron chi connectivity index (χ0n) is 13.5. The number of hydrogen-bond donors (Lipinski definition) is 1.